The van der Waals surface area contributed by atoms with Gasteiger partial charge in [0, 0.05) is 32.2 Å². The van der Waals surface area contributed by atoms with Crippen molar-refractivity contribution in [1.82, 2.24) is 14.9 Å². The number of aromatic nitrogens is 2. The highest BCUT2D eigenvalue weighted by atomic mass is 16.5. The SMILES string of the molecule is COCc1cc(=O)[nH]c([C@@H]2CCCN(Cc3c(OC)cccc3OC)C2)n1. The van der Waals surface area contributed by atoms with Gasteiger partial charge in [0.1, 0.15) is 17.3 Å². The van der Waals surface area contributed by atoms with Crippen molar-refractivity contribution in [2.24, 2.45) is 0 Å². The zero-order chi connectivity index (χ0) is 19.2. The second-order valence-corrected chi connectivity index (χ2v) is 6.77. The number of piperidine rings is 1. The molecule has 2 aromatic rings. The van der Waals surface area contributed by atoms with Crippen molar-refractivity contribution in [2.45, 2.75) is 31.9 Å². The number of methoxy groups -OCH3 is 3. The van der Waals surface area contributed by atoms with E-state index >= 15 is 0 Å². The van der Waals surface area contributed by atoms with Crippen LogP contribution in [0.5, 0.6) is 11.5 Å². The van der Waals surface area contributed by atoms with Crippen LogP contribution in [-0.2, 0) is 17.9 Å². The first-order valence-corrected chi connectivity index (χ1v) is 9.16. The number of aromatic amines is 1. The van der Waals surface area contributed by atoms with E-state index in [1.54, 1.807) is 21.3 Å². The Morgan fingerprint density at radius 2 is 1.96 bits per heavy atom. The molecule has 0 saturated carbocycles. The Labute approximate surface area is 159 Å². The van der Waals surface area contributed by atoms with Crippen LogP contribution < -0.4 is 15.0 Å². The average molecular weight is 373 g/mol. The van der Waals surface area contributed by atoms with Crippen molar-refractivity contribution in [1.29, 1.82) is 0 Å². The van der Waals surface area contributed by atoms with E-state index in [0.29, 0.717) is 12.3 Å². The van der Waals surface area contributed by atoms with E-state index in [-0.39, 0.29) is 11.5 Å². The van der Waals surface area contributed by atoms with Crippen molar-refractivity contribution < 1.29 is 14.2 Å². The molecule has 1 aromatic heterocycles. The maximum Gasteiger partial charge on any atom is 0.251 e. The first kappa shape index (κ1) is 19.4. The van der Waals surface area contributed by atoms with Crippen LogP contribution in [0.4, 0.5) is 0 Å². The third-order valence-electron chi connectivity index (χ3n) is 4.91. The maximum absolute atomic E-state index is 12.0. The van der Waals surface area contributed by atoms with Crippen LogP contribution in [0.1, 0.15) is 35.8 Å². The molecule has 3 rings (SSSR count). The molecule has 2 heterocycles. The Morgan fingerprint density at radius 1 is 1.22 bits per heavy atom. The molecule has 0 aliphatic carbocycles. The molecule has 0 spiro atoms. The molecular formula is C20H27N3O4. The molecule has 1 saturated heterocycles. The summed E-state index contributed by atoms with van der Waals surface area (Å²) in [5.74, 6) is 2.57. The van der Waals surface area contributed by atoms with Crippen molar-refractivity contribution in [3.8, 4) is 11.5 Å². The fourth-order valence-electron chi connectivity index (χ4n) is 3.67. The van der Waals surface area contributed by atoms with Gasteiger partial charge in [-0.05, 0) is 31.5 Å². The van der Waals surface area contributed by atoms with E-state index in [1.807, 2.05) is 18.2 Å². The van der Waals surface area contributed by atoms with E-state index in [4.69, 9.17) is 14.2 Å². The van der Waals surface area contributed by atoms with Gasteiger partial charge in [-0.2, -0.15) is 0 Å². The second-order valence-electron chi connectivity index (χ2n) is 6.77. The summed E-state index contributed by atoms with van der Waals surface area (Å²) in [5.41, 5.74) is 1.58. The van der Waals surface area contributed by atoms with Crippen LogP contribution in [0.15, 0.2) is 29.1 Å². The lowest BCUT2D eigenvalue weighted by Crippen LogP contribution is -2.35. The third-order valence-corrected chi connectivity index (χ3v) is 4.91. The zero-order valence-electron chi connectivity index (χ0n) is 16.2. The minimum atomic E-state index is -0.129. The van der Waals surface area contributed by atoms with Crippen molar-refractivity contribution in [2.75, 3.05) is 34.4 Å². The summed E-state index contributed by atoms with van der Waals surface area (Å²) in [6.45, 7) is 2.87. The zero-order valence-corrected chi connectivity index (χ0v) is 16.2. The first-order valence-electron chi connectivity index (χ1n) is 9.16. The van der Waals surface area contributed by atoms with E-state index in [0.717, 1.165) is 55.4 Å². The van der Waals surface area contributed by atoms with Gasteiger partial charge in [-0.25, -0.2) is 4.98 Å². The summed E-state index contributed by atoms with van der Waals surface area (Å²) in [4.78, 5) is 21.8. The largest absolute Gasteiger partial charge is 0.496 e. The maximum atomic E-state index is 12.0. The average Bonchev–Trinajstić information content (AvgIpc) is 2.68. The van der Waals surface area contributed by atoms with Crippen molar-refractivity contribution >= 4 is 0 Å². The van der Waals surface area contributed by atoms with Crippen LogP contribution in [-0.4, -0.2) is 49.3 Å². The molecule has 0 unspecified atom stereocenters. The van der Waals surface area contributed by atoms with Crippen LogP contribution in [0.2, 0.25) is 0 Å². The number of nitrogens with one attached hydrogen (secondary N) is 1. The number of likely N-dealkylation sites (tertiary alicyclic amines) is 1. The molecule has 1 aliphatic heterocycles. The quantitative estimate of drug-likeness (QED) is 0.803. The van der Waals surface area contributed by atoms with Crippen molar-refractivity contribution in [3.63, 3.8) is 0 Å². The lowest BCUT2D eigenvalue weighted by molar-refractivity contribution is 0.178. The van der Waals surface area contributed by atoms with Gasteiger partial charge in [0.05, 0.1) is 32.1 Å². The number of hydrogen-bond donors (Lipinski definition) is 1. The molecule has 7 nitrogen and oxygen atoms in total. The molecule has 27 heavy (non-hydrogen) atoms. The first-order chi connectivity index (χ1) is 13.1. The van der Waals surface area contributed by atoms with Crippen LogP contribution in [0.3, 0.4) is 0 Å². The molecule has 1 atom stereocenters. The number of H-pyrrole nitrogens is 1. The third kappa shape index (κ3) is 4.67. The fourth-order valence-corrected chi connectivity index (χ4v) is 3.67. The Hall–Kier alpha value is -2.38. The Bertz CT molecular complexity index is 799. The van der Waals surface area contributed by atoms with Gasteiger partial charge in [0.25, 0.3) is 5.56 Å². The van der Waals surface area contributed by atoms with E-state index in [1.165, 1.54) is 6.07 Å². The number of hydrogen-bond acceptors (Lipinski definition) is 6. The summed E-state index contributed by atoms with van der Waals surface area (Å²) >= 11 is 0. The van der Waals surface area contributed by atoms with Gasteiger partial charge >= 0.3 is 0 Å². The topological polar surface area (TPSA) is 76.7 Å². The van der Waals surface area contributed by atoms with Crippen LogP contribution in [0.25, 0.3) is 0 Å². The molecule has 0 bridgehead atoms. The summed E-state index contributed by atoms with van der Waals surface area (Å²) in [6, 6.07) is 7.32. The summed E-state index contributed by atoms with van der Waals surface area (Å²) in [5, 5.41) is 0. The van der Waals surface area contributed by atoms with Gasteiger partial charge in [0.2, 0.25) is 0 Å². The number of benzene rings is 1. The Morgan fingerprint density at radius 3 is 2.63 bits per heavy atom. The summed E-state index contributed by atoms with van der Waals surface area (Å²) in [6.07, 6.45) is 2.04. The van der Waals surface area contributed by atoms with E-state index < -0.39 is 0 Å². The highest BCUT2D eigenvalue weighted by molar-refractivity contribution is 5.44. The highest BCUT2D eigenvalue weighted by Crippen LogP contribution is 2.32. The Balaban J connectivity index is 1.79. The summed E-state index contributed by atoms with van der Waals surface area (Å²) < 4.78 is 16.2. The second kappa shape index (κ2) is 9.01. The molecular weight excluding hydrogens is 346 g/mol. The Kier molecular flexibility index (Phi) is 6.47. The van der Waals surface area contributed by atoms with Gasteiger partial charge in [-0.1, -0.05) is 6.07 Å². The molecule has 146 valence electrons. The van der Waals surface area contributed by atoms with E-state index in [9.17, 15) is 4.79 Å². The molecule has 1 aliphatic rings. The smallest absolute Gasteiger partial charge is 0.251 e. The number of nitrogens with zero attached hydrogens (tertiary/aromatic N) is 2. The fraction of sp³-hybridized carbons (Fsp3) is 0.500. The predicted octanol–water partition coefficient (Wildman–Crippen LogP) is 2.31. The van der Waals surface area contributed by atoms with Gasteiger partial charge in [-0.3, -0.25) is 9.69 Å². The molecule has 1 aromatic carbocycles. The van der Waals surface area contributed by atoms with Gasteiger partial charge < -0.3 is 19.2 Å². The molecule has 0 amide bonds. The summed E-state index contributed by atoms with van der Waals surface area (Å²) in [7, 11) is 4.95. The number of rotatable bonds is 7. The van der Waals surface area contributed by atoms with Gasteiger partial charge in [-0.15, -0.1) is 0 Å². The standard InChI is InChI=1S/C20H27N3O4/c1-25-13-15-10-19(24)22-20(21-15)14-6-5-9-23(11-14)12-16-17(26-2)7-4-8-18(16)27-3/h4,7-8,10,14H,5-6,9,11-13H2,1-3H3,(H,21,22,24)/t14-/m1/s1. The van der Waals surface area contributed by atoms with Gasteiger partial charge in [0.15, 0.2) is 0 Å². The predicted molar refractivity (Wildman–Crippen MR) is 102 cm³/mol. The molecule has 1 fully saturated rings. The van der Waals surface area contributed by atoms with Crippen molar-refractivity contribution in [3.05, 3.63) is 51.7 Å². The van der Waals surface area contributed by atoms with Crippen LogP contribution >= 0.6 is 0 Å². The molecule has 1 N–H and O–H groups in total. The normalized spacial score (nSPS) is 17.7. The number of ether oxygens (including phenoxy) is 3. The lowest BCUT2D eigenvalue weighted by atomic mass is 9.96. The minimum Gasteiger partial charge on any atom is -0.496 e. The molecule has 7 heteroatoms. The molecule has 0 radical (unpaired) electrons. The van der Waals surface area contributed by atoms with E-state index in [2.05, 4.69) is 14.9 Å². The lowest BCUT2D eigenvalue weighted by Gasteiger charge is -2.32. The highest BCUT2D eigenvalue weighted by Gasteiger charge is 2.25. The minimum absolute atomic E-state index is 0.129. The van der Waals surface area contributed by atoms with Crippen LogP contribution in [0, 0.1) is 0 Å². The monoisotopic (exact) mass is 373 g/mol.